The van der Waals surface area contributed by atoms with Gasteiger partial charge in [-0.3, -0.25) is 9.59 Å². The molecule has 2 rings (SSSR count). The van der Waals surface area contributed by atoms with Crippen molar-refractivity contribution in [3.8, 4) is 0 Å². The van der Waals surface area contributed by atoms with Gasteiger partial charge in [0.2, 0.25) is 5.91 Å². The third-order valence-electron chi connectivity index (χ3n) is 3.37. The van der Waals surface area contributed by atoms with Crippen LogP contribution in [0.25, 0.3) is 0 Å². The Morgan fingerprint density at radius 2 is 2.16 bits per heavy atom. The highest BCUT2D eigenvalue weighted by atomic mass is 16.5. The van der Waals surface area contributed by atoms with Crippen molar-refractivity contribution in [3.63, 3.8) is 0 Å². The molecule has 5 nitrogen and oxygen atoms in total. The molecule has 1 aliphatic rings. The van der Waals surface area contributed by atoms with Crippen molar-refractivity contribution in [2.24, 2.45) is 5.92 Å². The minimum Gasteiger partial charge on any atom is -0.469 e. The predicted molar refractivity (Wildman–Crippen MR) is 68.3 cm³/mol. The van der Waals surface area contributed by atoms with E-state index in [1.807, 2.05) is 0 Å². The highest BCUT2D eigenvalue weighted by Crippen LogP contribution is 2.19. The Morgan fingerprint density at radius 3 is 2.74 bits per heavy atom. The Hall–Kier alpha value is -1.78. The average molecular weight is 265 g/mol. The molecule has 0 aromatic carbocycles. The lowest BCUT2D eigenvalue weighted by atomic mass is 9.97. The number of ether oxygens (including phenoxy) is 1. The Kier molecular flexibility index (Phi) is 4.60. The lowest BCUT2D eigenvalue weighted by molar-refractivity contribution is -0.151. The summed E-state index contributed by atoms with van der Waals surface area (Å²) in [4.78, 5) is 25.4. The van der Waals surface area contributed by atoms with Crippen molar-refractivity contribution in [1.29, 1.82) is 0 Å². The van der Waals surface area contributed by atoms with Crippen LogP contribution < -0.4 is 0 Å². The second-order valence-electron chi connectivity index (χ2n) is 4.66. The summed E-state index contributed by atoms with van der Waals surface area (Å²) >= 11 is 0. The fourth-order valence-electron chi connectivity index (χ4n) is 2.30. The van der Waals surface area contributed by atoms with Crippen LogP contribution >= 0.6 is 0 Å². The van der Waals surface area contributed by atoms with E-state index < -0.39 is 0 Å². The molecule has 5 heteroatoms. The SMILES string of the molecule is CCOC(=O)C1CCN(C(=O)Cc2ccco2)CC1. The number of likely N-dealkylation sites (tertiary alicyclic amines) is 1. The predicted octanol–water partition coefficient (Wildman–Crippen LogP) is 1.62. The molecular weight excluding hydrogens is 246 g/mol. The van der Waals surface area contributed by atoms with Gasteiger partial charge in [0.1, 0.15) is 5.76 Å². The van der Waals surface area contributed by atoms with Gasteiger partial charge < -0.3 is 14.1 Å². The summed E-state index contributed by atoms with van der Waals surface area (Å²) < 4.78 is 10.2. The summed E-state index contributed by atoms with van der Waals surface area (Å²) in [6, 6.07) is 3.57. The third-order valence-corrected chi connectivity index (χ3v) is 3.37. The minimum absolute atomic E-state index is 0.0530. The number of carbonyl (C=O) groups is 2. The van der Waals surface area contributed by atoms with Crippen LogP contribution in [0.15, 0.2) is 22.8 Å². The van der Waals surface area contributed by atoms with Gasteiger partial charge in [0, 0.05) is 13.1 Å². The van der Waals surface area contributed by atoms with E-state index in [9.17, 15) is 9.59 Å². The van der Waals surface area contributed by atoms with E-state index in [-0.39, 0.29) is 24.2 Å². The molecule has 0 N–H and O–H groups in total. The second kappa shape index (κ2) is 6.41. The Labute approximate surface area is 112 Å². The van der Waals surface area contributed by atoms with Gasteiger partial charge in [-0.05, 0) is 31.9 Å². The number of furan rings is 1. The van der Waals surface area contributed by atoms with Crippen molar-refractivity contribution >= 4 is 11.9 Å². The van der Waals surface area contributed by atoms with E-state index in [2.05, 4.69) is 0 Å². The van der Waals surface area contributed by atoms with Gasteiger partial charge in [0.05, 0.1) is 25.2 Å². The van der Waals surface area contributed by atoms with Crippen molar-refractivity contribution in [2.45, 2.75) is 26.2 Å². The molecule has 1 amide bonds. The normalized spacial score (nSPS) is 16.4. The molecule has 0 radical (unpaired) electrons. The fourth-order valence-corrected chi connectivity index (χ4v) is 2.30. The number of piperidine rings is 1. The molecule has 104 valence electrons. The number of amides is 1. The van der Waals surface area contributed by atoms with E-state index in [1.54, 1.807) is 30.2 Å². The first-order valence-corrected chi connectivity index (χ1v) is 6.67. The Balaban J connectivity index is 1.79. The zero-order valence-corrected chi connectivity index (χ0v) is 11.1. The first-order valence-electron chi connectivity index (χ1n) is 6.67. The van der Waals surface area contributed by atoms with Crippen LogP contribution in [-0.2, 0) is 20.7 Å². The van der Waals surface area contributed by atoms with Gasteiger partial charge in [0.15, 0.2) is 0 Å². The molecular formula is C14H19NO4. The van der Waals surface area contributed by atoms with Gasteiger partial charge in [-0.25, -0.2) is 0 Å². The molecule has 0 atom stereocenters. The molecule has 0 spiro atoms. The largest absolute Gasteiger partial charge is 0.469 e. The van der Waals surface area contributed by atoms with Crippen molar-refractivity contribution in [1.82, 2.24) is 4.90 Å². The lowest BCUT2D eigenvalue weighted by Gasteiger charge is -2.30. The third kappa shape index (κ3) is 3.59. The minimum atomic E-state index is -0.138. The summed E-state index contributed by atoms with van der Waals surface area (Å²) in [6.07, 6.45) is 3.22. The quantitative estimate of drug-likeness (QED) is 0.776. The topological polar surface area (TPSA) is 59.8 Å². The van der Waals surface area contributed by atoms with Crippen molar-refractivity contribution < 1.29 is 18.7 Å². The van der Waals surface area contributed by atoms with Crippen LogP contribution in [0.5, 0.6) is 0 Å². The maximum Gasteiger partial charge on any atom is 0.309 e. The standard InChI is InChI=1S/C14H19NO4/c1-2-18-14(17)11-5-7-15(8-6-11)13(16)10-12-4-3-9-19-12/h3-4,9,11H,2,5-8,10H2,1H3. The molecule has 1 fully saturated rings. The van der Waals surface area contributed by atoms with E-state index >= 15 is 0 Å². The molecule has 1 aliphatic heterocycles. The van der Waals surface area contributed by atoms with Crippen molar-refractivity contribution in [3.05, 3.63) is 24.2 Å². The average Bonchev–Trinajstić information content (AvgIpc) is 2.92. The Morgan fingerprint density at radius 1 is 1.42 bits per heavy atom. The van der Waals surface area contributed by atoms with Crippen LogP contribution in [0.3, 0.4) is 0 Å². The van der Waals surface area contributed by atoms with Gasteiger partial charge in [-0.1, -0.05) is 0 Å². The van der Waals surface area contributed by atoms with Crippen LogP contribution in [0.1, 0.15) is 25.5 Å². The number of hydrogen-bond acceptors (Lipinski definition) is 4. The number of esters is 1. The summed E-state index contributed by atoms with van der Waals surface area (Å²) in [5, 5.41) is 0. The van der Waals surface area contributed by atoms with E-state index in [1.165, 1.54) is 0 Å². The maximum absolute atomic E-state index is 12.0. The molecule has 19 heavy (non-hydrogen) atoms. The first kappa shape index (κ1) is 13.6. The van der Waals surface area contributed by atoms with E-state index in [4.69, 9.17) is 9.15 Å². The zero-order valence-electron chi connectivity index (χ0n) is 11.1. The van der Waals surface area contributed by atoms with Crippen LogP contribution in [0.4, 0.5) is 0 Å². The zero-order chi connectivity index (χ0) is 13.7. The summed E-state index contributed by atoms with van der Waals surface area (Å²) in [7, 11) is 0. The molecule has 2 heterocycles. The summed E-state index contributed by atoms with van der Waals surface area (Å²) in [5.41, 5.74) is 0. The Bertz CT molecular complexity index is 419. The highest BCUT2D eigenvalue weighted by molar-refractivity contribution is 5.79. The number of hydrogen-bond donors (Lipinski definition) is 0. The fraction of sp³-hybridized carbons (Fsp3) is 0.571. The van der Waals surface area contributed by atoms with Gasteiger partial charge >= 0.3 is 5.97 Å². The van der Waals surface area contributed by atoms with Crippen molar-refractivity contribution in [2.75, 3.05) is 19.7 Å². The van der Waals surface area contributed by atoms with E-state index in [0.29, 0.717) is 38.3 Å². The first-order chi connectivity index (χ1) is 9.20. The molecule has 0 saturated carbocycles. The van der Waals surface area contributed by atoms with E-state index in [0.717, 1.165) is 0 Å². The molecule has 0 bridgehead atoms. The number of carbonyl (C=O) groups excluding carboxylic acids is 2. The van der Waals surface area contributed by atoms with Crippen LogP contribution in [-0.4, -0.2) is 36.5 Å². The molecule has 1 saturated heterocycles. The maximum atomic E-state index is 12.0. The lowest BCUT2D eigenvalue weighted by Crippen LogP contribution is -2.41. The molecule has 1 aromatic heterocycles. The van der Waals surface area contributed by atoms with Gasteiger partial charge in [-0.15, -0.1) is 0 Å². The number of rotatable bonds is 4. The summed E-state index contributed by atoms with van der Waals surface area (Å²) in [5.74, 6) is 0.531. The molecule has 1 aromatic rings. The van der Waals surface area contributed by atoms with Gasteiger partial charge in [-0.2, -0.15) is 0 Å². The summed E-state index contributed by atoms with van der Waals surface area (Å²) in [6.45, 7) is 3.45. The second-order valence-corrected chi connectivity index (χ2v) is 4.66. The highest BCUT2D eigenvalue weighted by Gasteiger charge is 2.28. The molecule has 0 unspecified atom stereocenters. The number of nitrogens with zero attached hydrogens (tertiary/aromatic N) is 1. The van der Waals surface area contributed by atoms with Crippen LogP contribution in [0, 0.1) is 5.92 Å². The monoisotopic (exact) mass is 265 g/mol. The smallest absolute Gasteiger partial charge is 0.309 e. The molecule has 0 aliphatic carbocycles. The van der Waals surface area contributed by atoms with Crippen LogP contribution in [0.2, 0.25) is 0 Å². The van der Waals surface area contributed by atoms with Gasteiger partial charge in [0.25, 0.3) is 0 Å².